The summed E-state index contributed by atoms with van der Waals surface area (Å²) >= 11 is 2.23. The van der Waals surface area contributed by atoms with E-state index in [-0.39, 0.29) is 18.6 Å². The van der Waals surface area contributed by atoms with E-state index in [9.17, 15) is 9.90 Å². The first kappa shape index (κ1) is 15.7. The number of amides is 1. The van der Waals surface area contributed by atoms with Gasteiger partial charge in [-0.1, -0.05) is 18.9 Å². The first-order chi connectivity index (χ1) is 9.69. The Kier molecular flexibility index (Phi) is 6.25. The van der Waals surface area contributed by atoms with E-state index < -0.39 is 0 Å². The molecule has 1 aromatic carbocycles. The number of likely N-dealkylation sites (tertiary alicyclic amines) is 1. The van der Waals surface area contributed by atoms with Crippen molar-refractivity contribution in [2.24, 2.45) is 0 Å². The van der Waals surface area contributed by atoms with E-state index in [4.69, 9.17) is 0 Å². The number of nitrogens with zero attached hydrogens (tertiary/aromatic N) is 1. The van der Waals surface area contributed by atoms with E-state index in [2.05, 4.69) is 32.8 Å². The lowest BCUT2D eigenvalue weighted by molar-refractivity contribution is -0.118. The van der Waals surface area contributed by atoms with Gasteiger partial charge in [-0.25, -0.2) is 0 Å². The lowest BCUT2D eigenvalue weighted by atomic mass is 10.1. The second kappa shape index (κ2) is 7.95. The van der Waals surface area contributed by atoms with E-state index in [1.165, 1.54) is 6.42 Å². The van der Waals surface area contributed by atoms with Gasteiger partial charge in [-0.2, -0.15) is 0 Å². The Labute approximate surface area is 133 Å². The van der Waals surface area contributed by atoms with Gasteiger partial charge in [0.05, 0.1) is 13.2 Å². The lowest BCUT2D eigenvalue weighted by Crippen LogP contribution is -2.42. The molecule has 0 radical (unpaired) electrons. The molecule has 0 saturated carbocycles. The van der Waals surface area contributed by atoms with Crippen molar-refractivity contribution in [3.8, 4) is 0 Å². The van der Waals surface area contributed by atoms with Gasteiger partial charge in [0.25, 0.3) is 0 Å². The van der Waals surface area contributed by atoms with Gasteiger partial charge >= 0.3 is 0 Å². The molecule has 1 unspecified atom stereocenters. The maximum atomic E-state index is 12.1. The highest BCUT2D eigenvalue weighted by molar-refractivity contribution is 14.1. The van der Waals surface area contributed by atoms with E-state index in [0.29, 0.717) is 6.54 Å². The topological polar surface area (TPSA) is 52.6 Å². The number of halogens is 1. The molecule has 1 amide bonds. The Bertz CT molecular complexity index is 453. The second-order valence-electron chi connectivity index (χ2n) is 5.21. The van der Waals surface area contributed by atoms with Crippen molar-refractivity contribution in [3.05, 3.63) is 27.8 Å². The summed E-state index contributed by atoms with van der Waals surface area (Å²) in [6, 6.07) is 7.89. The minimum atomic E-state index is -0.00708. The van der Waals surface area contributed by atoms with Crippen LogP contribution >= 0.6 is 22.6 Å². The summed E-state index contributed by atoms with van der Waals surface area (Å²) in [5, 5.41) is 12.4. The van der Waals surface area contributed by atoms with E-state index in [0.717, 1.165) is 35.1 Å². The summed E-state index contributed by atoms with van der Waals surface area (Å²) in [7, 11) is 0. The number of benzene rings is 1. The first-order valence-corrected chi connectivity index (χ1v) is 8.17. The Morgan fingerprint density at radius 1 is 1.40 bits per heavy atom. The smallest absolute Gasteiger partial charge is 0.238 e. The molecule has 0 bridgehead atoms. The normalized spacial score (nSPS) is 20.4. The molecule has 0 aromatic heterocycles. The number of anilines is 1. The van der Waals surface area contributed by atoms with Gasteiger partial charge in [-0.15, -0.1) is 0 Å². The molecule has 2 rings (SSSR count). The summed E-state index contributed by atoms with van der Waals surface area (Å²) in [5.74, 6) is -0.00708. The van der Waals surface area contributed by atoms with Crippen LogP contribution in [0.25, 0.3) is 0 Å². The largest absolute Gasteiger partial charge is 0.395 e. The van der Waals surface area contributed by atoms with Crippen LogP contribution in [-0.4, -0.2) is 41.7 Å². The highest BCUT2D eigenvalue weighted by atomic mass is 127. The van der Waals surface area contributed by atoms with Gasteiger partial charge in [-0.3, -0.25) is 9.69 Å². The average Bonchev–Trinajstić information content (AvgIpc) is 2.63. The van der Waals surface area contributed by atoms with Crippen LogP contribution in [0.15, 0.2) is 24.3 Å². The van der Waals surface area contributed by atoms with Gasteiger partial charge in [0.1, 0.15) is 0 Å². The van der Waals surface area contributed by atoms with Gasteiger partial charge in [0, 0.05) is 15.3 Å². The van der Waals surface area contributed by atoms with Gasteiger partial charge in [-0.05, 0) is 60.2 Å². The summed E-state index contributed by atoms with van der Waals surface area (Å²) in [4.78, 5) is 14.2. The molecule has 110 valence electrons. The third-order valence-corrected chi connectivity index (χ3v) is 4.34. The predicted octanol–water partition coefficient (Wildman–Crippen LogP) is 2.47. The summed E-state index contributed by atoms with van der Waals surface area (Å²) in [6.07, 6.45) is 4.41. The van der Waals surface area contributed by atoms with Crippen LogP contribution in [0.4, 0.5) is 5.69 Å². The lowest BCUT2D eigenvalue weighted by Gasteiger charge is -2.27. The highest BCUT2D eigenvalue weighted by Crippen LogP contribution is 2.17. The van der Waals surface area contributed by atoms with E-state index >= 15 is 0 Å². The second-order valence-corrected chi connectivity index (χ2v) is 6.46. The molecular formula is C15H21IN2O2. The molecule has 1 fully saturated rings. The molecule has 20 heavy (non-hydrogen) atoms. The van der Waals surface area contributed by atoms with E-state index in [1.54, 1.807) is 0 Å². The third-order valence-electron chi connectivity index (χ3n) is 3.66. The molecule has 5 heteroatoms. The van der Waals surface area contributed by atoms with E-state index in [1.807, 2.05) is 24.3 Å². The number of aliphatic hydroxyl groups is 1. The number of hydrogen-bond donors (Lipinski definition) is 2. The minimum absolute atomic E-state index is 0.00708. The predicted molar refractivity (Wildman–Crippen MR) is 88.7 cm³/mol. The quantitative estimate of drug-likeness (QED) is 0.780. The maximum Gasteiger partial charge on any atom is 0.238 e. The number of nitrogens with one attached hydrogen (secondary N) is 1. The van der Waals surface area contributed by atoms with Gasteiger partial charge in [0.2, 0.25) is 5.91 Å². The Morgan fingerprint density at radius 2 is 2.25 bits per heavy atom. The summed E-state index contributed by atoms with van der Waals surface area (Å²) < 4.78 is 1.10. The van der Waals surface area contributed by atoms with Crippen molar-refractivity contribution < 1.29 is 9.90 Å². The van der Waals surface area contributed by atoms with Crippen molar-refractivity contribution in [3.63, 3.8) is 0 Å². The Hall–Kier alpha value is -0.660. The number of hydrogen-bond acceptors (Lipinski definition) is 3. The Morgan fingerprint density at radius 3 is 3.00 bits per heavy atom. The van der Waals surface area contributed by atoms with Crippen LogP contribution in [0.2, 0.25) is 0 Å². The van der Waals surface area contributed by atoms with Crippen molar-refractivity contribution in [2.45, 2.75) is 31.7 Å². The monoisotopic (exact) mass is 388 g/mol. The SMILES string of the molecule is O=C(CN1CCCCCC1CO)Nc1cccc(I)c1. The van der Waals surface area contributed by atoms with Crippen LogP contribution in [-0.2, 0) is 4.79 Å². The standard InChI is InChI=1S/C15H21IN2O2/c16-12-5-4-6-13(9-12)17-15(20)10-18-8-3-1-2-7-14(18)11-19/h4-6,9,14,19H,1-3,7-8,10-11H2,(H,17,20). The average molecular weight is 388 g/mol. The zero-order valence-electron chi connectivity index (χ0n) is 11.5. The van der Waals surface area contributed by atoms with Gasteiger partial charge in [0.15, 0.2) is 0 Å². The van der Waals surface area contributed by atoms with Gasteiger partial charge < -0.3 is 10.4 Å². The highest BCUT2D eigenvalue weighted by Gasteiger charge is 2.22. The minimum Gasteiger partial charge on any atom is -0.395 e. The molecular weight excluding hydrogens is 367 g/mol. The zero-order chi connectivity index (χ0) is 14.4. The van der Waals surface area contributed by atoms with Crippen LogP contribution in [0.3, 0.4) is 0 Å². The van der Waals surface area contributed by atoms with Crippen LogP contribution in [0.5, 0.6) is 0 Å². The van der Waals surface area contributed by atoms with Crippen molar-refractivity contribution in [1.82, 2.24) is 4.90 Å². The molecule has 0 aliphatic carbocycles. The summed E-state index contributed by atoms with van der Waals surface area (Å²) in [6.45, 7) is 1.39. The molecule has 0 spiro atoms. The Balaban J connectivity index is 1.92. The number of carbonyl (C=O) groups is 1. The fourth-order valence-corrected chi connectivity index (χ4v) is 3.15. The summed E-state index contributed by atoms with van der Waals surface area (Å²) in [5.41, 5.74) is 0.831. The molecule has 1 saturated heterocycles. The molecule has 1 heterocycles. The maximum absolute atomic E-state index is 12.1. The fraction of sp³-hybridized carbons (Fsp3) is 0.533. The zero-order valence-corrected chi connectivity index (χ0v) is 13.7. The molecule has 4 nitrogen and oxygen atoms in total. The molecule has 1 aliphatic heterocycles. The fourth-order valence-electron chi connectivity index (χ4n) is 2.60. The van der Waals surface area contributed by atoms with Crippen LogP contribution in [0.1, 0.15) is 25.7 Å². The molecule has 1 atom stereocenters. The number of aliphatic hydroxyl groups excluding tert-OH is 1. The molecule has 1 aliphatic rings. The third kappa shape index (κ3) is 4.71. The molecule has 2 N–H and O–H groups in total. The van der Waals surface area contributed by atoms with Crippen molar-refractivity contribution in [1.29, 1.82) is 0 Å². The van der Waals surface area contributed by atoms with Crippen LogP contribution < -0.4 is 5.32 Å². The first-order valence-electron chi connectivity index (χ1n) is 7.09. The molecule has 1 aromatic rings. The van der Waals surface area contributed by atoms with Crippen LogP contribution in [0, 0.1) is 3.57 Å². The number of carbonyl (C=O) groups excluding carboxylic acids is 1. The van der Waals surface area contributed by atoms with Crippen molar-refractivity contribution in [2.75, 3.05) is 25.0 Å². The van der Waals surface area contributed by atoms with Crippen molar-refractivity contribution >= 4 is 34.2 Å². The number of rotatable bonds is 4.